The molecular formula is C50H29N5. The molecule has 0 bridgehead atoms. The topological polar surface area (TPSA) is 42.9 Å². The van der Waals surface area contributed by atoms with Gasteiger partial charge in [0.2, 0.25) is 5.69 Å². The van der Waals surface area contributed by atoms with Crippen LogP contribution in [0.15, 0.2) is 176 Å². The quantitative estimate of drug-likeness (QED) is 0.169. The van der Waals surface area contributed by atoms with E-state index in [9.17, 15) is 5.26 Å². The van der Waals surface area contributed by atoms with Gasteiger partial charge < -0.3 is 13.7 Å². The van der Waals surface area contributed by atoms with E-state index in [1.165, 1.54) is 0 Å². The van der Waals surface area contributed by atoms with Crippen molar-refractivity contribution in [2.75, 3.05) is 0 Å². The highest BCUT2D eigenvalue weighted by molar-refractivity contribution is 6.17. The summed E-state index contributed by atoms with van der Waals surface area (Å²) in [6.07, 6.45) is 0. The lowest BCUT2D eigenvalue weighted by atomic mass is 10.0. The van der Waals surface area contributed by atoms with Gasteiger partial charge in [0.15, 0.2) is 0 Å². The van der Waals surface area contributed by atoms with Crippen molar-refractivity contribution < 1.29 is 0 Å². The van der Waals surface area contributed by atoms with Gasteiger partial charge in [-0.15, -0.1) is 0 Å². The summed E-state index contributed by atoms with van der Waals surface area (Å²) in [4.78, 5) is 4.04. The second-order valence-electron chi connectivity index (χ2n) is 13.9. The molecule has 5 heteroatoms. The van der Waals surface area contributed by atoms with E-state index in [1.54, 1.807) is 0 Å². The number of aromatic nitrogens is 3. The van der Waals surface area contributed by atoms with Gasteiger partial charge in [-0.1, -0.05) is 109 Å². The summed E-state index contributed by atoms with van der Waals surface area (Å²) >= 11 is 0. The standard InChI is InChI=1S/C50H29N5/c1-52-41-17-10-16-35(50(41)55-43-19-7-2-12-36(43)37-13-3-8-20-44(37)55)33-25-27-34(28-26-33)53-45-21-9-5-15-39(45)49-47(53)22-11-23-48(49)54-42-18-6-4-14-38(42)40-30-32(31-51)24-29-46(40)54/h2-30H. The van der Waals surface area contributed by atoms with Crippen molar-refractivity contribution in [3.8, 4) is 34.3 Å². The number of hydrogen-bond donors (Lipinski definition) is 0. The fourth-order valence-electron chi connectivity index (χ4n) is 8.81. The lowest BCUT2D eigenvalue weighted by Gasteiger charge is -2.17. The number of fused-ring (bicyclic) bond motifs is 9. The molecule has 0 saturated heterocycles. The maximum Gasteiger partial charge on any atom is 0.211 e. The van der Waals surface area contributed by atoms with E-state index < -0.39 is 0 Å². The number of hydrogen-bond acceptors (Lipinski definition) is 1. The summed E-state index contributed by atoms with van der Waals surface area (Å²) in [5.74, 6) is 0. The van der Waals surface area contributed by atoms with Crippen molar-refractivity contribution >= 4 is 71.1 Å². The van der Waals surface area contributed by atoms with Crippen LogP contribution in [-0.2, 0) is 0 Å². The average molecular weight is 700 g/mol. The Bertz CT molecular complexity index is 3400. The molecule has 0 fully saturated rings. The van der Waals surface area contributed by atoms with Crippen LogP contribution in [0.5, 0.6) is 0 Å². The van der Waals surface area contributed by atoms with Crippen molar-refractivity contribution in [3.05, 3.63) is 193 Å². The lowest BCUT2D eigenvalue weighted by molar-refractivity contribution is 1.17. The van der Waals surface area contributed by atoms with E-state index in [1.807, 2.05) is 24.3 Å². The molecule has 0 saturated carbocycles. The van der Waals surface area contributed by atoms with Crippen LogP contribution in [0.1, 0.15) is 5.56 Å². The molecule has 254 valence electrons. The van der Waals surface area contributed by atoms with Gasteiger partial charge in [-0.2, -0.15) is 5.26 Å². The molecule has 8 aromatic carbocycles. The van der Waals surface area contributed by atoms with E-state index in [4.69, 9.17) is 6.57 Å². The molecule has 11 rings (SSSR count). The van der Waals surface area contributed by atoms with Crippen LogP contribution in [-0.4, -0.2) is 13.7 Å². The van der Waals surface area contributed by atoms with Crippen LogP contribution in [0, 0.1) is 17.9 Å². The Morgan fingerprint density at radius 2 is 1.00 bits per heavy atom. The zero-order valence-corrected chi connectivity index (χ0v) is 29.5. The maximum absolute atomic E-state index is 9.73. The molecule has 0 atom stereocenters. The molecule has 0 aliphatic rings. The SMILES string of the molecule is [C-]#[N+]c1cccc(-c2ccc(-n3c4ccccc4c4c(-n5c6ccccc6c6cc(C#N)ccc65)cccc43)cc2)c1-n1c2ccccc2c2ccccc21. The fraction of sp³-hybridized carbons (Fsp3) is 0. The summed E-state index contributed by atoms with van der Waals surface area (Å²) in [6, 6.07) is 63.5. The number of benzene rings is 8. The van der Waals surface area contributed by atoms with Crippen molar-refractivity contribution in [2.45, 2.75) is 0 Å². The van der Waals surface area contributed by atoms with Crippen LogP contribution in [0.3, 0.4) is 0 Å². The Kier molecular flexibility index (Phi) is 6.61. The van der Waals surface area contributed by atoms with Crippen LogP contribution in [0.4, 0.5) is 5.69 Å². The first-order chi connectivity index (χ1) is 27.2. The second-order valence-corrected chi connectivity index (χ2v) is 13.9. The molecular weight excluding hydrogens is 671 g/mol. The van der Waals surface area contributed by atoms with E-state index in [-0.39, 0.29) is 0 Å². The highest BCUT2D eigenvalue weighted by Crippen LogP contribution is 2.43. The molecule has 0 aliphatic carbocycles. The largest absolute Gasteiger partial charge is 0.318 e. The van der Waals surface area contributed by atoms with E-state index in [0.29, 0.717) is 11.3 Å². The predicted molar refractivity (Wildman–Crippen MR) is 226 cm³/mol. The Balaban J connectivity index is 1.12. The Morgan fingerprint density at radius 1 is 0.455 bits per heavy atom. The average Bonchev–Trinajstić information content (AvgIpc) is 3.89. The molecule has 55 heavy (non-hydrogen) atoms. The van der Waals surface area contributed by atoms with E-state index in [2.05, 4.69) is 176 Å². The Hall–Kier alpha value is -7.86. The van der Waals surface area contributed by atoms with Crippen molar-refractivity contribution in [3.63, 3.8) is 0 Å². The highest BCUT2D eigenvalue weighted by Gasteiger charge is 2.21. The minimum absolute atomic E-state index is 0.608. The van der Waals surface area contributed by atoms with Gasteiger partial charge in [-0.3, -0.25) is 0 Å². The smallest absolute Gasteiger partial charge is 0.211 e. The van der Waals surface area contributed by atoms with Crippen LogP contribution >= 0.6 is 0 Å². The van der Waals surface area contributed by atoms with Gasteiger partial charge in [0.1, 0.15) is 0 Å². The Labute approximate surface area is 316 Å². The minimum atomic E-state index is 0.608. The molecule has 0 radical (unpaired) electrons. The summed E-state index contributed by atoms with van der Waals surface area (Å²) in [6.45, 7) is 8.21. The molecule has 0 amide bonds. The van der Waals surface area contributed by atoms with Gasteiger partial charge in [0, 0.05) is 38.0 Å². The second kappa shape index (κ2) is 11.8. The number of nitriles is 1. The van der Waals surface area contributed by atoms with E-state index >= 15 is 0 Å². The molecule has 0 N–H and O–H groups in total. The van der Waals surface area contributed by atoms with Crippen LogP contribution in [0.2, 0.25) is 0 Å². The number of para-hydroxylation sites is 5. The van der Waals surface area contributed by atoms with Crippen LogP contribution < -0.4 is 0 Å². The third-order valence-corrected chi connectivity index (χ3v) is 11.1. The number of rotatable bonds is 4. The third kappa shape index (κ3) is 4.39. The van der Waals surface area contributed by atoms with Crippen molar-refractivity contribution in [1.82, 2.24) is 13.7 Å². The molecule has 3 aromatic heterocycles. The summed E-state index contributed by atoms with van der Waals surface area (Å²) in [5, 5.41) is 16.6. The molecule has 0 aliphatic heterocycles. The lowest BCUT2D eigenvalue weighted by Crippen LogP contribution is -1.98. The van der Waals surface area contributed by atoms with Crippen molar-refractivity contribution in [2.24, 2.45) is 0 Å². The Morgan fingerprint density at radius 3 is 1.65 bits per heavy atom. The maximum atomic E-state index is 9.73. The summed E-state index contributed by atoms with van der Waals surface area (Å²) in [7, 11) is 0. The third-order valence-electron chi connectivity index (χ3n) is 11.1. The summed E-state index contributed by atoms with van der Waals surface area (Å²) in [5.41, 5.74) is 12.9. The molecule has 0 unspecified atom stereocenters. The van der Waals surface area contributed by atoms with Gasteiger partial charge in [-0.25, -0.2) is 4.85 Å². The zero-order chi connectivity index (χ0) is 36.6. The zero-order valence-electron chi connectivity index (χ0n) is 29.5. The molecule has 0 spiro atoms. The summed E-state index contributed by atoms with van der Waals surface area (Å²) < 4.78 is 6.95. The van der Waals surface area contributed by atoms with Gasteiger partial charge >= 0.3 is 0 Å². The van der Waals surface area contributed by atoms with Gasteiger partial charge in [-0.05, 0) is 77.9 Å². The van der Waals surface area contributed by atoms with Gasteiger partial charge in [0.05, 0.1) is 62.7 Å². The molecule has 3 heterocycles. The van der Waals surface area contributed by atoms with Crippen molar-refractivity contribution in [1.29, 1.82) is 5.26 Å². The fourth-order valence-corrected chi connectivity index (χ4v) is 8.81. The molecule has 11 aromatic rings. The monoisotopic (exact) mass is 699 g/mol. The number of nitrogens with zero attached hydrogens (tertiary/aromatic N) is 5. The first-order valence-electron chi connectivity index (χ1n) is 18.3. The van der Waals surface area contributed by atoms with E-state index in [0.717, 1.165) is 93.6 Å². The van der Waals surface area contributed by atoms with Gasteiger partial charge in [0.25, 0.3) is 0 Å². The highest BCUT2D eigenvalue weighted by atomic mass is 15.0. The molecule has 5 nitrogen and oxygen atoms in total. The normalized spacial score (nSPS) is 11.6. The predicted octanol–water partition coefficient (Wildman–Crippen LogP) is 13.1. The first kappa shape index (κ1) is 30.7. The minimum Gasteiger partial charge on any atom is -0.318 e. The first-order valence-corrected chi connectivity index (χ1v) is 18.3. The van der Waals surface area contributed by atoms with Crippen LogP contribution in [0.25, 0.3) is 98.5 Å².